The maximum atomic E-state index is 11.9. The highest BCUT2D eigenvalue weighted by atomic mass is 35.5. The molecule has 1 aromatic heterocycles. The van der Waals surface area contributed by atoms with Crippen molar-refractivity contribution in [1.82, 2.24) is 4.57 Å². The number of halogens is 1. The molecule has 38 heavy (non-hydrogen) atoms. The second-order valence-electron chi connectivity index (χ2n) is 9.24. The van der Waals surface area contributed by atoms with Crippen LogP contribution in [0.3, 0.4) is 0 Å². The summed E-state index contributed by atoms with van der Waals surface area (Å²) in [4.78, 5) is 11.9. The average molecular weight is 550 g/mol. The number of nitrogens with zero attached hydrogens (tertiary/aromatic N) is 2. The third-order valence-corrected chi connectivity index (χ3v) is 7.22. The molecule has 0 aliphatic rings. The molecule has 1 heterocycles. The van der Waals surface area contributed by atoms with Crippen molar-refractivity contribution in [2.75, 3.05) is 11.0 Å². The lowest BCUT2D eigenvalue weighted by molar-refractivity contribution is 0.317. The van der Waals surface area contributed by atoms with Crippen LogP contribution in [0.1, 0.15) is 34.6 Å². The molecular weight excluding hydrogens is 522 g/mol. The summed E-state index contributed by atoms with van der Waals surface area (Å²) in [7, 11) is -1.69. The number of benzene rings is 3. The fraction of sp³-hybridized carbons (Fsp3) is 0.172. The van der Waals surface area contributed by atoms with E-state index in [1.165, 1.54) is 10.6 Å². The molecular formula is C29H28ClN3O4S. The Bertz CT molecular complexity index is 1640. The van der Waals surface area contributed by atoms with Crippen molar-refractivity contribution in [3.8, 4) is 11.1 Å². The quantitative estimate of drug-likeness (QED) is 0.165. The number of hydrogen-bond donors (Lipinski definition) is 2. The average Bonchev–Trinajstić information content (AvgIpc) is 2.87. The molecule has 0 fully saturated rings. The van der Waals surface area contributed by atoms with Crippen LogP contribution < -0.4 is 10.3 Å². The Morgan fingerprint density at radius 1 is 1.00 bits per heavy atom. The maximum Gasteiger partial charge on any atom is 0.250 e. The van der Waals surface area contributed by atoms with E-state index >= 15 is 0 Å². The monoisotopic (exact) mass is 549 g/mol. The molecule has 0 aliphatic heterocycles. The van der Waals surface area contributed by atoms with Gasteiger partial charge in [0, 0.05) is 47.9 Å². The topological polar surface area (TPSA) is 101 Å². The molecule has 4 aromatic rings. The lowest BCUT2D eigenvalue weighted by Crippen LogP contribution is -2.18. The predicted molar refractivity (Wildman–Crippen MR) is 153 cm³/mol. The molecule has 1 atom stereocenters. The molecule has 9 heteroatoms. The summed E-state index contributed by atoms with van der Waals surface area (Å²) in [5.41, 5.74) is 6.46. The van der Waals surface area contributed by atoms with Gasteiger partial charge in [0.05, 0.1) is 12.0 Å². The van der Waals surface area contributed by atoms with Crippen molar-refractivity contribution in [1.29, 1.82) is 0 Å². The highest BCUT2D eigenvalue weighted by Gasteiger charge is 2.21. The van der Waals surface area contributed by atoms with Crippen molar-refractivity contribution >= 4 is 33.0 Å². The van der Waals surface area contributed by atoms with Gasteiger partial charge in [-0.1, -0.05) is 59.2 Å². The normalized spacial score (nSPS) is 12.8. The fourth-order valence-electron chi connectivity index (χ4n) is 4.46. The van der Waals surface area contributed by atoms with Gasteiger partial charge in [0.25, 0.3) is 0 Å². The van der Waals surface area contributed by atoms with E-state index in [4.69, 9.17) is 11.6 Å². The van der Waals surface area contributed by atoms with Crippen LogP contribution in [-0.2, 0) is 17.1 Å². The number of pyridine rings is 1. The number of aryl methyl sites for hydroxylation is 2. The first-order valence-corrected chi connectivity index (χ1v) is 14.1. The SMILES string of the molecule is Cc1cc(Cl)ccc1C(C/C(=N\O)c1ccc(=O)n(C)c1)c1ccc(-c2ccc(NS(C)(=O)=O)cc2)cc1. The van der Waals surface area contributed by atoms with Crippen LogP contribution in [0.25, 0.3) is 11.1 Å². The Labute approximate surface area is 227 Å². The van der Waals surface area contributed by atoms with Crippen LogP contribution in [0.5, 0.6) is 0 Å². The molecule has 0 spiro atoms. The van der Waals surface area contributed by atoms with E-state index in [2.05, 4.69) is 9.88 Å². The highest BCUT2D eigenvalue weighted by molar-refractivity contribution is 7.92. The summed E-state index contributed by atoms with van der Waals surface area (Å²) >= 11 is 6.23. The largest absolute Gasteiger partial charge is 0.411 e. The summed E-state index contributed by atoms with van der Waals surface area (Å²) in [5.74, 6) is -0.147. The van der Waals surface area contributed by atoms with E-state index in [-0.39, 0.29) is 11.5 Å². The Kier molecular flexibility index (Phi) is 8.04. The zero-order valence-electron chi connectivity index (χ0n) is 21.2. The van der Waals surface area contributed by atoms with E-state index in [1.54, 1.807) is 31.4 Å². The summed E-state index contributed by atoms with van der Waals surface area (Å²) < 4.78 is 26.9. The molecule has 196 valence electrons. The van der Waals surface area contributed by atoms with Gasteiger partial charge in [-0.3, -0.25) is 9.52 Å². The highest BCUT2D eigenvalue weighted by Crippen LogP contribution is 2.34. The minimum Gasteiger partial charge on any atom is -0.411 e. The van der Waals surface area contributed by atoms with E-state index in [0.717, 1.165) is 34.1 Å². The van der Waals surface area contributed by atoms with Crippen LogP contribution in [0.2, 0.25) is 5.02 Å². The van der Waals surface area contributed by atoms with Crippen LogP contribution in [0.15, 0.2) is 95.0 Å². The molecule has 7 nitrogen and oxygen atoms in total. The predicted octanol–water partition coefficient (Wildman–Crippen LogP) is 5.79. The number of nitrogens with one attached hydrogen (secondary N) is 1. The fourth-order valence-corrected chi connectivity index (χ4v) is 5.26. The van der Waals surface area contributed by atoms with Gasteiger partial charge in [-0.2, -0.15) is 0 Å². The molecule has 3 aromatic carbocycles. The van der Waals surface area contributed by atoms with Crippen molar-refractivity contribution in [3.63, 3.8) is 0 Å². The maximum absolute atomic E-state index is 11.9. The second kappa shape index (κ2) is 11.2. The Morgan fingerprint density at radius 3 is 2.18 bits per heavy atom. The van der Waals surface area contributed by atoms with Crippen molar-refractivity contribution in [2.45, 2.75) is 19.3 Å². The Morgan fingerprint density at radius 2 is 1.63 bits per heavy atom. The van der Waals surface area contributed by atoms with Crippen molar-refractivity contribution in [2.24, 2.45) is 12.2 Å². The number of hydrogen-bond acceptors (Lipinski definition) is 5. The first kappa shape index (κ1) is 27.2. The molecule has 0 amide bonds. The first-order valence-electron chi connectivity index (χ1n) is 11.9. The molecule has 2 N–H and O–H groups in total. The molecule has 0 bridgehead atoms. The summed E-state index contributed by atoms with van der Waals surface area (Å²) in [5, 5.41) is 14.2. The van der Waals surface area contributed by atoms with E-state index < -0.39 is 10.0 Å². The van der Waals surface area contributed by atoms with Crippen molar-refractivity contribution in [3.05, 3.63) is 123 Å². The van der Waals surface area contributed by atoms with E-state index in [1.807, 2.05) is 61.5 Å². The van der Waals surface area contributed by atoms with Crippen LogP contribution in [0, 0.1) is 6.92 Å². The van der Waals surface area contributed by atoms with Crippen LogP contribution in [-0.4, -0.2) is 30.2 Å². The molecule has 4 rings (SSSR count). The zero-order chi connectivity index (χ0) is 27.4. The molecule has 0 aliphatic carbocycles. The van der Waals surface area contributed by atoms with Gasteiger partial charge < -0.3 is 9.77 Å². The third kappa shape index (κ3) is 6.51. The number of aromatic nitrogens is 1. The Hall–Kier alpha value is -3.88. The smallest absolute Gasteiger partial charge is 0.250 e. The lowest BCUT2D eigenvalue weighted by atomic mass is 9.83. The van der Waals surface area contributed by atoms with E-state index in [9.17, 15) is 18.4 Å². The second-order valence-corrected chi connectivity index (χ2v) is 11.4. The van der Waals surface area contributed by atoms with Gasteiger partial charge in [0.1, 0.15) is 0 Å². The Balaban J connectivity index is 1.69. The molecule has 0 radical (unpaired) electrons. The van der Waals surface area contributed by atoms with Crippen molar-refractivity contribution < 1.29 is 13.6 Å². The van der Waals surface area contributed by atoms with Gasteiger partial charge in [0.15, 0.2) is 0 Å². The summed E-state index contributed by atoms with van der Waals surface area (Å²) in [6, 6.07) is 24.1. The van der Waals surface area contributed by atoms with Gasteiger partial charge in [-0.05, 0) is 65.1 Å². The van der Waals surface area contributed by atoms with Gasteiger partial charge in [-0.15, -0.1) is 0 Å². The van der Waals surface area contributed by atoms with Gasteiger partial charge in [-0.25, -0.2) is 8.42 Å². The molecule has 0 saturated carbocycles. The van der Waals surface area contributed by atoms with Gasteiger partial charge >= 0.3 is 0 Å². The van der Waals surface area contributed by atoms with E-state index in [0.29, 0.717) is 28.4 Å². The lowest BCUT2D eigenvalue weighted by Gasteiger charge is -2.21. The first-order chi connectivity index (χ1) is 18.0. The number of oxime groups is 1. The minimum atomic E-state index is -3.34. The van der Waals surface area contributed by atoms with Crippen LogP contribution in [0.4, 0.5) is 5.69 Å². The van der Waals surface area contributed by atoms with Gasteiger partial charge in [0.2, 0.25) is 15.6 Å². The molecule has 0 saturated heterocycles. The number of sulfonamides is 1. The number of rotatable bonds is 8. The third-order valence-electron chi connectivity index (χ3n) is 6.38. The molecule has 1 unspecified atom stereocenters. The summed E-state index contributed by atoms with van der Waals surface area (Å²) in [6.45, 7) is 2.00. The minimum absolute atomic E-state index is 0.146. The number of anilines is 1. The summed E-state index contributed by atoms with van der Waals surface area (Å²) in [6.07, 6.45) is 3.17. The zero-order valence-corrected chi connectivity index (χ0v) is 22.8. The van der Waals surface area contributed by atoms with Crippen LogP contribution >= 0.6 is 11.6 Å². The standard InChI is InChI=1S/C29H28ClN3O4S/c1-19-16-24(30)11-14-26(19)27(17-28(31-35)23-10-15-29(34)33(2)18-23)22-6-4-20(5-7-22)21-8-12-25(13-9-21)32-38(3,36)37/h4-16,18,27,32,35H,17H2,1-3H3/b31-28+.